The van der Waals surface area contributed by atoms with Crippen molar-refractivity contribution < 1.29 is 14.6 Å². The van der Waals surface area contributed by atoms with Crippen molar-refractivity contribution in [3.8, 4) is 28.7 Å². The highest BCUT2D eigenvalue weighted by Crippen LogP contribution is 2.37. The normalized spacial score (nSPS) is 11.4. The highest BCUT2D eigenvalue weighted by atomic mass is 35.5. The van der Waals surface area contributed by atoms with E-state index in [0.29, 0.717) is 45.4 Å². The van der Waals surface area contributed by atoms with Gasteiger partial charge in [0.25, 0.3) is 0 Å². The van der Waals surface area contributed by atoms with Gasteiger partial charge in [0.05, 0.1) is 20.3 Å². The minimum atomic E-state index is -0.688. The molecule has 1 unspecified atom stereocenters. The molecule has 4 aromatic rings. The van der Waals surface area contributed by atoms with E-state index in [9.17, 15) is 5.11 Å². The SMILES string of the molecule is CC.COc1cccc(OC)c1-n1c(NSCC(O)c2ccc(Cl)cc2)nnc1-c1ccn(C)n1. The smallest absolute Gasteiger partial charge is 0.239 e. The zero-order valence-electron chi connectivity index (χ0n) is 20.3. The zero-order chi connectivity index (χ0) is 25.4. The average Bonchev–Trinajstić information content (AvgIpc) is 3.50. The number of methoxy groups -OCH3 is 2. The molecule has 0 bridgehead atoms. The molecule has 35 heavy (non-hydrogen) atoms. The summed E-state index contributed by atoms with van der Waals surface area (Å²) in [5, 5.41) is 24.3. The van der Waals surface area contributed by atoms with Gasteiger partial charge in [-0.1, -0.05) is 43.6 Å². The topological polar surface area (TPSA) is 99.3 Å². The van der Waals surface area contributed by atoms with Crippen LogP contribution in [-0.4, -0.2) is 49.6 Å². The van der Waals surface area contributed by atoms with Gasteiger partial charge in [-0.25, -0.2) is 0 Å². The number of aliphatic hydroxyl groups excluding tert-OH is 1. The number of nitrogens with one attached hydrogen (secondary N) is 1. The van der Waals surface area contributed by atoms with Gasteiger partial charge < -0.3 is 14.6 Å². The lowest BCUT2D eigenvalue weighted by Crippen LogP contribution is -2.08. The zero-order valence-corrected chi connectivity index (χ0v) is 21.8. The standard InChI is InChI=1S/C22H23ClN6O3S.C2H6/c1-28-12-11-16(26-28)21-24-25-22(27-33-13-17(30)14-7-9-15(23)10-8-14)29(21)20-18(31-2)5-4-6-19(20)32-3;1-2/h4-12,17,30H,13H2,1-3H3,(H,25,27);1-2H3. The average molecular weight is 517 g/mol. The van der Waals surface area contributed by atoms with E-state index in [1.807, 2.05) is 51.4 Å². The quantitative estimate of drug-likeness (QED) is 0.294. The van der Waals surface area contributed by atoms with E-state index in [1.165, 1.54) is 11.9 Å². The second kappa shape index (κ2) is 12.5. The van der Waals surface area contributed by atoms with Gasteiger partial charge >= 0.3 is 0 Å². The summed E-state index contributed by atoms with van der Waals surface area (Å²) >= 11 is 7.24. The molecule has 0 amide bonds. The number of nitrogens with zero attached hydrogens (tertiary/aromatic N) is 5. The Morgan fingerprint density at radius 1 is 1.03 bits per heavy atom. The molecule has 11 heteroatoms. The lowest BCUT2D eigenvalue weighted by molar-refractivity contribution is 0.204. The van der Waals surface area contributed by atoms with Crippen LogP contribution >= 0.6 is 23.5 Å². The molecular formula is C24H29ClN6O3S. The van der Waals surface area contributed by atoms with Crippen LogP contribution in [0.1, 0.15) is 25.5 Å². The molecule has 0 spiro atoms. The number of hydrogen-bond donors (Lipinski definition) is 2. The number of halogens is 1. The van der Waals surface area contributed by atoms with E-state index in [-0.39, 0.29) is 0 Å². The van der Waals surface area contributed by atoms with Gasteiger partial charge in [-0.15, -0.1) is 10.2 Å². The van der Waals surface area contributed by atoms with E-state index in [0.717, 1.165) is 5.56 Å². The molecule has 0 fully saturated rings. The summed E-state index contributed by atoms with van der Waals surface area (Å²) in [6.07, 6.45) is 1.14. The number of anilines is 1. The first kappa shape index (κ1) is 26.4. The first-order valence-electron chi connectivity index (χ1n) is 11.0. The molecule has 4 rings (SSSR count). The highest BCUT2D eigenvalue weighted by molar-refractivity contribution is 8.00. The third-order valence-corrected chi connectivity index (χ3v) is 5.95. The van der Waals surface area contributed by atoms with E-state index in [4.69, 9.17) is 21.1 Å². The van der Waals surface area contributed by atoms with Crippen molar-refractivity contribution in [1.82, 2.24) is 24.5 Å². The van der Waals surface area contributed by atoms with Gasteiger partial charge in [0.2, 0.25) is 5.95 Å². The van der Waals surface area contributed by atoms with Crippen LogP contribution in [-0.2, 0) is 7.05 Å². The number of aryl methyl sites for hydroxylation is 1. The van der Waals surface area contributed by atoms with Crippen LogP contribution in [0.4, 0.5) is 5.95 Å². The second-order valence-electron chi connectivity index (χ2n) is 7.05. The lowest BCUT2D eigenvalue weighted by atomic mass is 10.1. The third-order valence-electron chi connectivity index (χ3n) is 4.89. The van der Waals surface area contributed by atoms with Crippen LogP contribution in [0, 0.1) is 0 Å². The molecule has 0 radical (unpaired) electrons. The van der Waals surface area contributed by atoms with Crippen LogP contribution in [0.15, 0.2) is 54.7 Å². The molecule has 2 aromatic carbocycles. The third kappa shape index (κ3) is 6.08. The van der Waals surface area contributed by atoms with Gasteiger partial charge in [0, 0.05) is 24.0 Å². The van der Waals surface area contributed by atoms with Crippen LogP contribution < -0.4 is 14.2 Å². The summed E-state index contributed by atoms with van der Waals surface area (Å²) in [5.41, 5.74) is 2.04. The minimum absolute atomic E-state index is 0.372. The van der Waals surface area contributed by atoms with Crippen molar-refractivity contribution >= 4 is 29.5 Å². The fourth-order valence-corrected chi connectivity index (χ4v) is 4.10. The number of para-hydroxylation sites is 1. The van der Waals surface area contributed by atoms with Crippen molar-refractivity contribution in [3.63, 3.8) is 0 Å². The Morgan fingerprint density at radius 2 is 1.69 bits per heavy atom. The Balaban J connectivity index is 0.00000167. The summed E-state index contributed by atoms with van der Waals surface area (Å²) in [7, 11) is 5.02. The first-order valence-corrected chi connectivity index (χ1v) is 12.4. The summed E-state index contributed by atoms with van der Waals surface area (Å²) in [6.45, 7) is 4.00. The molecule has 2 N–H and O–H groups in total. The predicted octanol–water partition coefficient (Wildman–Crippen LogP) is 5.16. The van der Waals surface area contributed by atoms with Crippen molar-refractivity contribution in [2.24, 2.45) is 7.05 Å². The van der Waals surface area contributed by atoms with Crippen molar-refractivity contribution in [3.05, 3.63) is 65.3 Å². The number of hydrogen-bond acceptors (Lipinski definition) is 8. The van der Waals surface area contributed by atoms with Crippen molar-refractivity contribution in [2.75, 3.05) is 24.7 Å². The Kier molecular flexibility index (Phi) is 9.41. The number of rotatable bonds is 9. The molecule has 0 aliphatic carbocycles. The summed E-state index contributed by atoms with van der Waals surface area (Å²) in [6, 6.07) is 14.5. The fraction of sp³-hybridized carbons (Fsp3) is 0.292. The van der Waals surface area contributed by atoms with Crippen LogP contribution in [0.2, 0.25) is 5.02 Å². The lowest BCUT2D eigenvalue weighted by Gasteiger charge is -2.17. The predicted molar refractivity (Wildman–Crippen MR) is 141 cm³/mol. The molecule has 2 aromatic heterocycles. The second-order valence-corrected chi connectivity index (χ2v) is 8.31. The van der Waals surface area contributed by atoms with E-state index in [2.05, 4.69) is 20.0 Å². The number of benzene rings is 2. The Labute approximate surface area is 214 Å². The Hall–Kier alpha value is -3.21. The maximum absolute atomic E-state index is 10.5. The maximum atomic E-state index is 10.5. The minimum Gasteiger partial charge on any atom is -0.494 e. The maximum Gasteiger partial charge on any atom is 0.239 e. The fourth-order valence-electron chi connectivity index (χ4n) is 3.28. The molecule has 186 valence electrons. The summed E-state index contributed by atoms with van der Waals surface area (Å²) in [4.78, 5) is 0. The van der Waals surface area contributed by atoms with Crippen LogP contribution in [0.3, 0.4) is 0 Å². The van der Waals surface area contributed by atoms with Gasteiger partial charge in [0.1, 0.15) is 22.9 Å². The number of aliphatic hydroxyl groups is 1. The number of ether oxygens (including phenoxy) is 2. The molecule has 0 aliphatic rings. The summed E-state index contributed by atoms with van der Waals surface area (Å²) < 4.78 is 17.9. The van der Waals surface area contributed by atoms with Crippen molar-refractivity contribution in [1.29, 1.82) is 0 Å². The van der Waals surface area contributed by atoms with Gasteiger partial charge in [-0.05, 0) is 47.8 Å². The molecule has 0 saturated carbocycles. The molecule has 0 aliphatic heterocycles. The first-order chi connectivity index (χ1) is 17.0. The highest BCUT2D eigenvalue weighted by Gasteiger charge is 2.23. The number of aromatic nitrogens is 5. The molecule has 9 nitrogen and oxygen atoms in total. The molecule has 1 atom stereocenters. The molecule has 2 heterocycles. The van der Waals surface area contributed by atoms with Crippen LogP contribution in [0.25, 0.3) is 17.2 Å². The monoisotopic (exact) mass is 516 g/mol. The van der Waals surface area contributed by atoms with Crippen LogP contribution in [0.5, 0.6) is 11.5 Å². The van der Waals surface area contributed by atoms with E-state index in [1.54, 1.807) is 47.7 Å². The Morgan fingerprint density at radius 3 is 2.26 bits per heavy atom. The van der Waals surface area contributed by atoms with E-state index < -0.39 is 6.10 Å². The van der Waals surface area contributed by atoms with Crippen molar-refractivity contribution in [2.45, 2.75) is 20.0 Å². The summed E-state index contributed by atoms with van der Waals surface area (Å²) in [5.74, 6) is 2.49. The molecular weight excluding hydrogens is 488 g/mol. The Bertz CT molecular complexity index is 1210. The van der Waals surface area contributed by atoms with Gasteiger partial charge in [0.15, 0.2) is 5.82 Å². The van der Waals surface area contributed by atoms with Gasteiger partial charge in [-0.2, -0.15) is 5.10 Å². The van der Waals surface area contributed by atoms with E-state index >= 15 is 0 Å². The largest absolute Gasteiger partial charge is 0.494 e. The molecule has 0 saturated heterocycles. The van der Waals surface area contributed by atoms with Gasteiger partial charge in [-0.3, -0.25) is 14.0 Å².